The van der Waals surface area contributed by atoms with Crippen LogP contribution in [0, 0.1) is 5.92 Å². The minimum atomic E-state index is 0.0772. The second kappa shape index (κ2) is 10.4. The van der Waals surface area contributed by atoms with Crippen LogP contribution in [0.15, 0.2) is 30.3 Å². The van der Waals surface area contributed by atoms with Gasteiger partial charge in [0.1, 0.15) is 0 Å². The van der Waals surface area contributed by atoms with Gasteiger partial charge in [0.05, 0.1) is 19.8 Å². The second-order valence-electron chi connectivity index (χ2n) is 6.04. The van der Waals surface area contributed by atoms with E-state index in [9.17, 15) is 4.79 Å². The zero-order valence-corrected chi connectivity index (χ0v) is 14.0. The number of carbonyl (C=O) groups excluding carboxylic acids is 1. The van der Waals surface area contributed by atoms with Gasteiger partial charge in [-0.2, -0.15) is 0 Å². The molecule has 128 valence electrons. The summed E-state index contributed by atoms with van der Waals surface area (Å²) in [5, 5.41) is 3.02. The zero-order valence-electron chi connectivity index (χ0n) is 14.0. The number of amides is 1. The number of likely N-dealkylation sites (tertiary alicyclic amines) is 1. The van der Waals surface area contributed by atoms with Gasteiger partial charge in [-0.3, -0.25) is 4.79 Å². The fraction of sp³-hybridized carbons (Fsp3) is 0.611. The highest BCUT2D eigenvalue weighted by Gasteiger charge is 2.22. The van der Waals surface area contributed by atoms with Gasteiger partial charge in [0, 0.05) is 33.2 Å². The molecule has 5 nitrogen and oxygen atoms in total. The molecule has 1 fully saturated rings. The first-order valence-corrected chi connectivity index (χ1v) is 8.37. The Kier molecular flexibility index (Phi) is 8.07. The number of ether oxygens (including phenoxy) is 2. The van der Waals surface area contributed by atoms with Gasteiger partial charge in [0.25, 0.3) is 0 Å². The predicted molar refractivity (Wildman–Crippen MR) is 90.1 cm³/mol. The molecule has 0 radical (unpaired) electrons. The number of rotatable bonds is 10. The molecule has 1 amide bonds. The van der Waals surface area contributed by atoms with E-state index in [1.54, 1.807) is 7.11 Å². The van der Waals surface area contributed by atoms with Crippen LogP contribution in [-0.4, -0.2) is 57.3 Å². The molecule has 0 spiro atoms. The summed E-state index contributed by atoms with van der Waals surface area (Å²) in [5.41, 5.74) is 1.13. The maximum Gasteiger partial charge on any atom is 0.222 e. The smallest absolute Gasteiger partial charge is 0.222 e. The minimum Gasteiger partial charge on any atom is -0.383 e. The zero-order chi connectivity index (χ0) is 16.3. The van der Waals surface area contributed by atoms with Crippen LogP contribution in [0.25, 0.3) is 0 Å². The summed E-state index contributed by atoms with van der Waals surface area (Å²) in [7, 11) is 1.73. The van der Waals surface area contributed by atoms with Gasteiger partial charge in [-0.15, -0.1) is 0 Å². The molecule has 1 saturated heterocycles. The molecule has 1 aromatic rings. The van der Waals surface area contributed by atoms with Gasteiger partial charge in [0.2, 0.25) is 5.91 Å². The van der Waals surface area contributed by atoms with Crippen molar-refractivity contribution in [1.29, 1.82) is 0 Å². The van der Waals surface area contributed by atoms with Gasteiger partial charge in [-0.25, -0.2) is 0 Å². The van der Waals surface area contributed by atoms with E-state index in [1.807, 2.05) is 30.3 Å². The highest BCUT2D eigenvalue weighted by molar-refractivity contribution is 5.75. The first kappa shape index (κ1) is 17.9. The molecule has 0 bridgehead atoms. The molecular formula is C18H28N2O3. The highest BCUT2D eigenvalue weighted by Crippen LogP contribution is 2.14. The van der Waals surface area contributed by atoms with Gasteiger partial charge in [-0.1, -0.05) is 30.3 Å². The summed E-state index contributed by atoms with van der Waals surface area (Å²) < 4.78 is 10.6. The van der Waals surface area contributed by atoms with E-state index in [4.69, 9.17) is 9.47 Å². The van der Waals surface area contributed by atoms with Crippen molar-refractivity contribution < 1.29 is 14.3 Å². The standard InChI is InChI=1S/C18H28N2O3/c1-22-12-10-20-9-7-17(14-20)13-19-18(21)8-11-23-15-16-5-3-2-4-6-16/h2-6,17H,7-15H2,1H3,(H,19,21)/t17-/m0/s1. The minimum absolute atomic E-state index is 0.0772. The van der Waals surface area contributed by atoms with Crippen molar-refractivity contribution in [2.24, 2.45) is 5.92 Å². The van der Waals surface area contributed by atoms with E-state index >= 15 is 0 Å². The summed E-state index contributed by atoms with van der Waals surface area (Å²) >= 11 is 0. The number of nitrogens with zero attached hydrogens (tertiary/aromatic N) is 1. The Morgan fingerprint density at radius 3 is 2.91 bits per heavy atom. The van der Waals surface area contributed by atoms with E-state index in [-0.39, 0.29) is 5.91 Å². The molecule has 5 heteroatoms. The number of carbonyl (C=O) groups is 1. The molecule has 0 unspecified atom stereocenters. The fourth-order valence-electron chi connectivity index (χ4n) is 2.78. The van der Waals surface area contributed by atoms with Gasteiger partial charge in [0.15, 0.2) is 0 Å². The fourth-order valence-corrected chi connectivity index (χ4v) is 2.78. The lowest BCUT2D eigenvalue weighted by Crippen LogP contribution is -2.32. The van der Waals surface area contributed by atoms with Crippen LogP contribution in [0.3, 0.4) is 0 Å². The first-order chi connectivity index (χ1) is 11.3. The van der Waals surface area contributed by atoms with Crippen LogP contribution in [0.1, 0.15) is 18.4 Å². The van der Waals surface area contributed by atoms with Gasteiger partial charge >= 0.3 is 0 Å². The van der Waals surface area contributed by atoms with Crippen LogP contribution < -0.4 is 5.32 Å². The van der Waals surface area contributed by atoms with Crippen molar-refractivity contribution in [1.82, 2.24) is 10.2 Å². The molecule has 1 aliphatic heterocycles. The lowest BCUT2D eigenvalue weighted by atomic mass is 10.1. The summed E-state index contributed by atoms with van der Waals surface area (Å²) in [5.74, 6) is 0.634. The third-order valence-electron chi connectivity index (χ3n) is 4.15. The second-order valence-corrected chi connectivity index (χ2v) is 6.04. The quantitative estimate of drug-likeness (QED) is 0.667. The lowest BCUT2D eigenvalue weighted by Gasteiger charge is -2.15. The number of hydrogen-bond acceptors (Lipinski definition) is 4. The Morgan fingerprint density at radius 1 is 1.30 bits per heavy atom. The van der Waals surface area contributed by atoms with E-state index < -0.39 is 0 Å². The maximum atomic E-state index is 11.8. The third kappa shape index (κ3) is 7.12. The third-order valence-corrected chi connectivity index (χ3v) is 4.15. The van der Waals surface area contributed by atoms with E-state index in [1.165, 1.54) is 0 Å². The van der Waals surface area contributed by atoms with Crippen LogP contribution in [0.4, 0.5) is 0 Å². The largest absolute Gasteiger partial charge is 0.383 e. The highest BCUT2D eigenvalue weighted by atomic mass is 16.5. The molecule has 1 aromatic carbocycles. The Morgan fingerprint density at radius 2 is 2.13 bits per heavy atom. The SMILES string of the molecule is COCCN1CC[C@@H](CNC(=O)CCOCc2ccccc2)C1. The molecule has 0 aliphatic carbocycles. The maximum absolute atomic E-state index is 11.8. The van der Waals surface area contributed by atoms with Crippen molar-refractivity contribution in [3.05, 3.63) is 35.9 Å². The topological polar surface area (TPSA) is 50.8 Å². The Bertz CT molecular complexity index is 453. The average molecular weight is 320 g/mol. The lowest BCUT2D eigenvalue weighted by molar-refractivity contribution is -0.122. The average Bonchev–Trinajstić information content (AvgIpc) is 3.04. The van der Waals surface area contributed by atoms with Crippen LogP contribution >= 0.6 is 0 Å². The summed E-state index contributed by atoms with van der Waals surface area (Å²) in [4.78, 5) is 14.2. The summed E-state index contributed by atoms with van der Waals surface area (Å²) in [6.07, 6.45) is 1.57. The van der Waals surface area contributed by atoms with E-state index in [0.717, 1.165) is 44.8 Å². The van der Waals surface area contributed by atoms with E-state index in [2.05, 4.69) is 10.2 Å². The molecular weight excluding hydrogens is 292 g/mol. The molecule has 23 heavy (non-hydrogen) atoms. The Labute approximate surface area is 139 Å². The molecule has 0 aromatic heterocycles. The van der Waals surface area contributed by atoms with Crippen LogP contribution in [0.2, 0.25) is 0 Å². The van der Waals surface area contributed by atoms with Gasteiger partial charge in [-0.05, 0) is 24.4 Å². The Hall–Kier alpha value is -1.43. The van der Waals surface area contributed by atoms with Crippen LogP contribution in [-0.2, 0) is 20.9 Å². The molecule has 1 atom stereocenters. The number of benzene rings is 1. The van der Waals surface area contributed by atoms with Crippen LogP contribution in [0.5, 0.6) is 0 Å². The molecule has 2 rings (SSSR count). The predicted octanol–water partition coefficient (Wildman–Crippen LogP) is 1.68. The normalized spacial score (nSPS) is 18.2. The summed E-state index contributed by atoms with van der Waals surface area (Å²) in [6, 6.07) is 10.0. The summed E-state index contributed by atoms with van der Waals surface area (Å²) in [6.45, 7) is 5.70. The van der Waals surface area contributed by atoms with E-state index in [0.29, 0.717) is 25.6 Å². The van der Waals surface area contributed by atoms with Crippen molar-refractivity contribution in [3.63, 3.8) is 0 Å². The molecule has 1 aliphatic rings. The first-order valence-electron chi connectivity index (χ1n) is 8.37. The van der Waals surface area contributed by atoms with Crippen molar-refractivity contribution in [2.45, 2.75) is 19.4 Å². The molecule has 1 N–H and O–H groups in total. The van der Waals surface area contributed by atoms with Crippen molar-refractivity contribution in [3.8, 4) is 0 Å². The number of nitrogens with one attached hydrogen (secondary N) is 1. The van der Waals surface area contributed by atoms with Gasteiger partial charge < -0.3 is 19.7 Å². The monoisotopic (exact) mass is 320 g/mol. The number of hydrogen-bond donors (Lipinski definition) is 1. The number of methoxy groups -OCH3 is 1. The molecule has 0 saturated carbocycles. The molecule has 1 heterocycles. The Balaban J connectivity index is 1.50. The van der Waals surface area contributed by atoms with Crippen molar-refractivity contribution >= 4 is 5.91 Å². The van der Waals surface area contributed by atoms with Crippen molar-refractivity contribution in [2.75, 3.05) is 46.5 Å².